The molecule has 0 spiro atoms. The fraction of sp³-hybridized carbons (Fsp3) is 0.360. The maximum atomic E-state index is 12.8. The number of benzene rings is 2. The third kappa shape index (κ3) is 4.90. The van der Waals surface area contributed by atoms with Gasteiger partial charge in [-0.05, 0) is 69.5 Å². The van der Waals surface area contributed by atoms with Gasteiger partial charge in [0, 0.05) is 12.2 Å². The van der Waals surface area contributed by atoms with Crippen LogP contribution < -0.4 is 20.3 Å². The number of nitrogens with zero attached hydrogens (tertiary/aromatic N) is 1. The van der Waals surface area contributed by atoms with Crippen LogP contribution >= 0.6 is 0 Å². The first-order valence-electron chi connectivity index (χ1n) is 10.6. The molecule has 1 heterocycles. The predicted octanol–water partition coefficient (Wildman–Crippen LogP) is 5.30. The van der Waals surface area contributed by atoms with Crippen molar-refractivity contribution in [3.8, 4) is 5.75 Å². The second-order valence-electron chi connectivity index (χ2n) is 8.50. The Balaban J connectivity index is 1.77. The van der Waals surface area contributed by atoms with Crippen molar-refractivity contribution >= 4 is 28.9 Å². The summed E-state index contributed by atoms with van der Waals surface area (Å²) in [7, 11) is 0. The van der Waals surface area contributed by atoms with E-state index in [0.29, 0.717) is 23.7 Å². The minimum Gasteiger partial charge on any atom is -0.479 e. The molecule has 0 saturated heterocycles. The lowest BCUT2D eigenvalue weighted by Gasteiger charge is -2.33. The van der Waals surface area contributed by atoms with Crippen LogP contribution in [-0.2, 0) is 10.3 Å². The van der Waals surface area contributed by atoms with Crippen LogP contribution in [0.15, 0.2) is 49.0 Å². The molecule has 0 saturated carbocycles. The molecule has 3 amide bonds. The van der Waals surface area contributed by atoms with Gasteiger partial charge in [0.2, 0.25) is 0 Å². The van der Waals surface area contributed by atoms with Crippen molar-refractivity contribution in [1.82, 2.24) is 5.32 Å². The van der Waals surface area contributed by atoms with E-state index in [0.717, 1.165) is 23.1 Å². The predicted molar refractivity (Wildman–Crippen MR) is 126 cm³/mol. The lowest BCUT2D eigenvalue weighted by atomic mass is 9.92. The number of urea groups is 1. The number of ether oxygens (including phenoxy) is 1. The van der Waals surface area contributed by atoms with Crippen molar-refractivity contribution in [3.05, 3.63) is 60.2 Å². The van der Waals surface area contributed by atoms with E-state index in [4.69, 9.17) is 4.74 Å². The number of allylic oxidation sites excluding steroid dienone is 1. The maximum absolute atomic E-state index is 12.8. The Morgan fingerprint density at radius 2 is 1.97 bits per heavy atom. The number of fused-ring (bicyclic) bond motifs is 1. The molecule has 1 unspecified atom stereocenters. The Labute approximate surface area is 184 Å². The summed E-state index contributed by atoms with van der Waals surface area (Å²) in [5.41, 5.74) is 3.67. The summed E-state index contributed by atoms with van der Waals surface area (Å²) < 4.78 is 5.72. The zero-order valence-corrected chi connectivity index (χ0v) is 18.9. The summed E-state index contributed by atoms with van der Waals surface area (Å²) in [4.78, 5) is 27.0. The smallest absolute Gasteiger partial charge is 0.319 e. The van der Waals surface area contributed by atoms with Crippen molar-refractivity contribution < 1.29 is 14.3 Å². The Bertz CT molecular complexity index is 1010. The normalized spacial score (nSPS) is 15.7. The molecule has 0 radical (unpaired) electrons. The molecule has 0 aromatic heterocycles. The van der Waals surface area contributed by atoms with Crippen LogP contribution in [0.3, 0.4) is 0 Å². The molecule has 3 rings (SSSR count). The molecule has 0 fully saturated rings. The molecule has 164 valence electrons. The third-order valence-electron chi connectivity index (χ3n) is 5.38. The van der Waals surface area contributed by atoms with E-state index in [1.54, 1.807) is 30.0 Å². The van der Waals surface area contributed by atoms with E-state index in [1.807, 2.05) is 52.0 Å². The van der Waals surface area contributed by atoms with Gasteiger partial charge in [0.25, 0.3) is 5.91 Å². The minimum atomic E-state index is -0.591. The number of carbonyl (C=O) groups is 2. The van der Waals surface area contributed by atoms with E-state index >= 15 is 0 Å². The first-order valence-corrected chi connectivity index (χ1v) is 10.6. The van der Waals surface area contributed by atoms with Gasteiger partial charge in [0.05, 0.1) is 11.2 Å². The highest BCUT2D eigenvalue weighted by molar-refractivity contribution is 6.01. The number of carbonyl (C=O) groups excluding carboxylic acids is 2. The van der Waals surface area contributed by atoms with E-state index in [9.17, 15) is 9.59 Å². The Morgan fingerprint density at radius 1 is 1.23 bits per heavy atom. The van der Waals surface area contributed by atoms with Crippen LogP contribution in [0.2, 0.25) is 0 Å². The average Bonchev–Trinajstić information content (AvgIpc) is 2.71. The molecule has 1 aliphatic heterocycles. The van der Waals surface area contributed by atoms with E-state index < -0.39 is 11.6 Å². The van der Waals surface area contributed by atoms with Gasteiger partial charge in [-0.2, -0.15) is 0 Å². The second-order valence-corrected chi connectivity index (χ2v) is 8.50. The molecule has 6 heteroatoms. The number of anilines is 2. The minimum absolute atomic E-state index is 0.0746. The standard InChI is InChI=1S/C25H31N3O3/c1-7-13-28-21-15-20(11-12-22(21)31-17(4)23(28)29)26-24(30)27-25(5,6)19-10-8-9-18(14-19)16(2)3/h8-12,14-15,17H,2,7,13H2,1,3-6H3,(H2,26,27,30). The van der Waals surface area contributed by atoms with Gasteiger partial charge >= 0.3 is 6.03 Å². The van der Waals surface area contributed by atoms with E-state index in [2.05, 4.69) is 17.2 Å². The fourth-order valence-corrected chi connectivity index (χ4v) is 3.63. The average molecular weight is 422 g/mol. The van der Waals surface area contributed by atoms with Gasteiger partial charge in [-0.15, -0.1) is 0 Å². The van der Waals surface area contributed by atoms with Crippen LogP contribution in [0.5, 0.6) is 5.75 Å². The Hall–Kier alpha value is -3.28. The monoisotopic (exact) mass is 421 g/mol. The Morgan fingerprint density at radius 3 is 2.65 bits per heavy atom. The largest absolute Gasteiger partial charge is 0.479 e. The van der Waals surface area contributed by atoms with Crippen LogP contribution in [0, 0.1) is 0 Å². The summed E-state index contributed by atoms with van der Waals surface area (Å²) in [6, 6.07) is 13.0. The molecule has 2 aromatic carbocycles. The molecule has 2 N–H and O–H groups in total. The first-order chi connectivity index (χ1) is 14.6. The van der Waals surface area contributed by atoms with Crippen molar-refractivity contribution in [1.29, 1.82) is 0 Å². The summed E-state index contributed by atoms with van der Waals surface area (Å²) in [6.45, 7) is 14.2. The highest BCUT2D eigenvalue weighted by Gasteiger charge is 2.31. The van der Waals surface area contributed by atoms with Gasteiger partial charge in [-0.3, -0.25) is 4.79 Å². The molecule has 1 aliphatic rings. The zero-order chi connectivity index (χ0) is 22.8. The van der Waals surface area contributed by atoms with Crippen LogP contribution in [-0.4, -0.2) is 24.6 Å². The van der Waals surface area contributed by atoms with Gasteiger partial charge in [0.1, 0.15) is 5.75 Å². The lowest BCUT2D eigenvalue weighted by Crippen LogP contribution is -2.45. The fourth-order valence-electron chi connectivity index (χ4n) is 3.63. The summed E-state index contributed by atoms with van der Waals surface area (Å²) >= 11 is 0. The molecule has 6 nitrogen and oxygen atoms in total. The quantitative estimate of drug-likeness (QED) is 0.665. The van der Waals surface area contributed by atoms with Crippen LogP contribution in [0.4, 0.5) is 16.2 Å². The van der Waals surface area contributed by atoms with Crippen molar-refractivity contribution in [3.63, 3.8) is 0 Å². The third-order valence-corrected chi connectivity index (χ3v) is 5.38. The highest BCUT2D eigenvalue weighted by atomic mass is 16.5. The number of hydrogen-bond donors (Lipinski definition) is 2. The maximum Gasteiger partial charge on any atom is 0.319 e. The van der Waals surface area contributed by atoms with Gasteiger partial charge in [-0.25, -0.2) is 4.79 Å². The molecule has 1 atom stereocenters. The van der Waals surface area contributed by atoms with Crippen molar-refractivity contribution in [2.45, 2.75) is 52.7 Å². The summed E-state index contributed by atoms with van der Waals surface area (Å²) in [6.07, 6.45) is 0.310. The van der Waals surface area contributed by atoms with Gasteiger partial charge in [0.15, 0.2) is 6.10 Å². The second kappa shape index (κ2) is 8.84. The van der Waals surface area contributed by atoms with E-state index in [-0.39, 0.29) is 11.9 Å². The number of nitrogens with one attached hydrogen (secondary N) is 2. The SMILES string of the molecule is C=C(C)c1cccc(C(C)(C)NC(=O)Nc2ccc3c(c2)N(CCC)C(=O)C(C)O3)c1. The highest BCUT2D eigenvalue weighted by Crippen LogP contribution is 2.36. The van der Waals surface area contributed by atoms with Gasteiger partial charge < -0.3 is 20.3 Å². The number of hydrogen-bond acceptors (Lipinski definition) is 3. The van der Waals surface area contributed by atoms with Crippen molar-refractivity contribution in [2.24, 2.45) is 0 Å². The van der Waals surface area contributed by atoms with E-state index in [1.165, 1.54) is 0 Å². The Kier molecular flexibility index (Phi) is 6.39. The molecular formula is C25H31N3O3. The molecule has 2 aromatic rings. The van der Waals surface area contributed by atoms with Crippen molar-refractivity contribution in [2.75, 3.05) is 16.8 Å². The van der Waals surface area contributed by atoms with Crippen LogP contribution in [0.1, 0.15) is 52.2 Å². The first kappa shape index (κ1) is 22.4. The lowest BCUT2D eigenvalue weighted by molar-refractivity contribution is -0.125. The molecule has 0 aliphatic carbocycles. The summed E-state index contributed by atoms with van der Waals surface area (Å²) in [5.74, 6) is 0.568. The topological polar surface area (TPSA) is 70.7 Å². The molecular weight excluding hydrogens is 390 g/mol. The number of rotatable bonds is 6. The van der Waals surface area contributed by atoms with Crippen LogP contribution in [0.25, 0.3) is 5.57 Å². The number of amides is 3. The molecule has 0 bridgehead atoms. The zero-order valence-electron chi connectivity index (χ0n) is 18.9. The van der Waals surface area contributed by atoms with Gasteiger partial charge in [-0.1, -0.05) is 37.3 Å². The molecule has 31 heavy (non-hydrogen) atoms. The summed E-state index contributed by atoms with van der Waals surface area (Å²) in [5, 5.41) is 5.91.